The number of allylic oxidation sites excluding steroid dienone is 1. The molecule has 44 heavy (non-hydrogen) atoms. The number of fused-ring (bicyclic) bond motifs is 1. The van der Waals surface area contributed by atoms with Gasteiger partial charge in [-0.3, -0.25) is 0 Å². The number of imidazole rings is 1. The number of nitrogens with one attached hydrogen (secondary N) is 2. The van der Waals surface area contributed by atoms with Crippen LogP contribution in [0.3, 0.4) is 0 Å². The molecule has 11 nitrogen and oxygen atoms in total. The van der Waals surface area contributed by atoms with Crippen LogP contribution in [0.5, 0.6) is 0 Å². The number of benzene rings is 2. The number of ether oxygens (including phenoxy) is 1. The molecule has 0 aliphatic carbocycles. The van der Waals surface area contributed by atoms with Crippen LogP contribution in [0.25, 0.3) is 11.0 Å². The zero-order valence-corrected chi connectivity index (χ0v) is 24.4. The van der Waals surface area contributed by atoms with Gasteiger partial charge in [0.2, 0.25) is 0 Å². The Labute approximate surface area is 252 Å². The molecule has 0 unspecified atom stereocenters. The number of hydrogen-bond donors (Lipinski definition) is 2. The number of methoxy groups -OCH3 is 1. The maximum absolute atomic E-state index is 14.0. The topological polar surface area (TPSA) is 128 Å². The monoisotopic (exact) mass is 604 g/mol. The fraction of sp³-hybridized carbons (Fsp3) is 0.267. The Morgan fingerprint density at radius 3 is 2.52 bits per heavy atom. The van der Waals surface area contributed by atoms with Crippen LogP contribution in [0.1, 0.15) is 24.2 Å². The van der Waals surface area contributed by atoms with Crippen molar-refractivity contribution in [3.8, 4) is 0 Å². The van der Waals surface area contributed by atoms with Crippen LogP contribution < -0.4 is 16.2 Å². The standard InChI is InChI=1S/C30H31BF2N6O5/c1-37(2)27(40)7-5-4-6-22(36-30(43)44-3)28(41)35-24-15-31-18-38(29(24)42)17-26-34-23-14-21(33)12-13-25(23)39(26)16-19-8-10-20(32)11-9-19/h5,7-15,18,22H,4,6,16-17H2,1-3H3,(H,35,41)(H,36,43)/b7-5+/t22-/m0/s1. The molecular formula is C30H31BF2N6O5. The Morgan fingerprint density at radius 1 is 1.09 bits per heavy atom. The van der Waals surface area contributed by atoms with Crippen molar-refractivity contribution < 1.29 is 27.9 Å². The van der Waals surface area contributed by atoms with E-state index >= 15 is 0 Å². The summed E-state index contributed by atoms with van der Waals surface area (Å²) in [5, 5.41) is 5.02. The summed E-state index contributed by atoms with van der Waals surface area (Å²) < 4.78 is 35.3. The van der Waals surface area contributed by atoms with E-state index in [1.165, 1.54) is 51.9 Å². The number of nitrogens with zero attached hydrogens (tertiary/aromatic N) is 4. The van der Waals surface area contributed by atoms with Crippen LogP contribution in [-0.4, -0.2) is 71.1 Å². The number of anilines is 1. The van der Waals surface area contributed by atoms with Gasteiger partial charge in [0, 0.05) is 0 Å². The number of rotatable bonds is 11. The molecule has 0 aliphatic rings. The molecule has 0 aliphatic heterocycles. The zero-order valence-electron chi connectivity index (χ0n) is 24.4. The molecule has 3 amide bonds. The summed E-state index contributed by atoms with van der Waals surface area (Å²) in [7, 11) is 4.37. The number of hydrogen-bond acceptors (Lipinski definition) is 6. The van der Waals surface area contributed by atoms with Gasteiger partial charge in [0.25, 0.3) is 0 Å². The molecule has 0 saturated carbocycles. The van der Waals surface area contributed by atoms with Gasteiger partial charge in [0.05, 0.1) is 0 Å². The van der Waals surface area contributed by atoms with Crippen molar-refractivity contribution in [2.45, 2.75) is 32.0 Å². The van der Waals surface area contributed by atoms with E-state index in [-0.39, 0.29) is 36.8 Å². The average molecular weight is 604 g/mol. The molecule has 4 aromatic rings. The molecule has 0 fully saturated rings. The summed E-state index contributed by atoms with van der Waals surface area (Å²) in [5.41, 5.74) is 1.20. The molecule has 0 bridgehead atoms. The molecule has 14 heteroatoms. The van der Waals surface area contributed by atoms with Gasteiger partial charge in [0.15, 0.2) is 0 Å². The van der Waals surface area contributed by atoms with Crippen molar-refractivity contribution in [2.75, 3.05) is 26.5 Å². The summed E-state index contributed by atoms with van der Waals surface area (Å²) in [5.74, 6) is 0.136. The van der Waals surface area contributed by atoms with Crippen molar-refractivity contribution in [3.63, 3.8) is 0 Å². The second kappa shape index (κ2) is 14.4. The maximum atomic E-state index is 14.0. The minimum atomic E-state index is -1.07. The van der Waals surface area contributed by atoms with E-state index in [2.05, 4.69) is 20.4 Å². The normalized spacial score (nSPS) is 11.8. The van der Waals surface area contributed by atoms with Gasteiger partial charge in [-0.05, 0) is 0 Å². The molecule has 1 atom stereocenters. The third-order valence-electron chi connectivity index (χ3n) is 6.75. The summed E-state index contributed by atoms with van der Waals surface area (Å²) in [6.07, 6.45) is 4.05. The summed E-state index contributed by atoms with van der Waals surface area (Å²) in [6.45, 7) is 1.84. The van der Waals surface area contributed by atoms with Crippen LogP contribution in [0, 0.1) is 11.6 Å². The SMILES string of the molecule is COC(=O)N[C@@H](CC/C=C/C(=O)N(C)C)C(=O)Nc1cbcn(Cc2nc3cc(F)ccc3n2Cc2ccc(F)cc2)c1=O. The summed E-state index contributed by atoms with van der Waals surface area (Å²) in [6, 6.07) is 9.06. The van der Waals surface area contributed by atoms with Gasteiger partial charge < -0.3 is 0 Å². The number of halogens is 2. The molecule has 2 heterocycles. The van der Waals surface area contributed by atoms with Crippen LogP contribution in [-0.2, 0) is 27.4 Å². The van der Waals surface area contributed by atoms with E-state index in [9.17, 15) is 28.0 Å². The van der Waals surface area contributed by atoms with Crippen molar-refractivity contribution in [1.29, 1.82) is 0 Å². The minimum absolute atomic E-state index is 0.0193. The first-order valence-corrected chi connectivity index (χ1v) is 13.7. The van der Waals surface area contributed by atoms with Crippen LogP contribution in [0.4, 0.5) is 19.3 Å². The Bertz CT molecular complexity index is 1750. The van der Waals surface area contributed by atoms with E-state index in [0.29, 0.717) is 23.4 Å². The van der Waals surface area contributed by atoms with E-state index in [1.54, 1.807) is 45.3 Å². The Hall–Kier alpha value is -5.14. The third kappa shape index (κ3) is 8.03. The quantitative estimate of drug-likeness (QED) is 0.254. The fourth-order valence-electron chi connectivity index (χ4n) is 4.42. The predicted molar refractivity (Wildman–Crippen MR) is 161 cm³/mol. The molecule has 2 aromatic heterocycles. The summed E-state index contributed by atoms with van der Waals surface area (Å²) in [4.78, 5) is 56.2. The van der Waals surface area contributed by atoms with Crippen molar-refractivity contribution >= 4 is 41.5 Å². The van der Waals surface area contributed by atoms with Gasteiger partial charge in [-0.1, -0.05) is 0 Å². The molecule has 2 aromatic carbocycles. The molecule has 0 radical (unpaired) electrons. The van der Waals surface area contributed by atoms with E-state index in [1.807, 2.05) is 4.57 Å². The number of amides is 3. The van der Waals surface area contributed by atoms with E-state index in [0.717, 1.165) is 12.7 Å². The van der Waals surface area contributed by atoms with E-state index in [4.69, 9.17) is 0 Å². The molecule has 2 N–H and O–H groups in total. The van der Waals surface area contributed by atoms with Crippen LogP contribution >= 0.6 is 0 Å². The molecule has 228 valence electrons. The second-order valence-electron chi connectivity index (χ2n) is 10.1. The fourth-order valence-corrected chi connectivity index (χ4v) is 4.42. The first kappa shape index (κ1) is 31.8. The van der Waals surface area contributed by atoms with Gasteiger partial charge in [-0.2, -0.15) is 0 Å². The zero-order chi connectivity index (χ0) is 31.8. The third-order valence-corrected chi connectivity index (χ3v) is 6.75. The van der Waals surface area contributed by atoms with Gasteiger partial charge in [-0.15, -0.1) is 0 Å². The Balaban J connectivity index is 1.57. The number of likely N-dealkylation sites (N-methyl/N-ethyl adjacent to an activating group) is 1. The molecule has 0 spiro atoms. The predicted octanol–water partition coefficient (Wildman–Crippen LogP) is 3.00. The number of carbonyl (C=O) groups is 3. The van der Waals surface area contributed by atoms with Crippen LogP contribution in [0.15, 0.2) is 71.5 Å². The molecule has 0 saturated heterocycles. The van der Waals surface area contributed by atoms with Gasteiger partial charge >= 0.3 is 252 Å². The van der Waals surface area contributed by atoms with Crippen molar-refractivity contribution in [2.24, 2.45) is 0 Å². The van der Waals surface area contributed by atoms with E-state index < -0.39 is 29.4 Å². The number of aromatic nitrogens is 3. The van der Waals surface area contributed by atoms with Crippen LogP contribution in [0.2, 0.25) is 0 Å². The van der Waals surface area contributed by atoms with Crippen molar-refractivity contribution in [1.82, 2.24) is 24.3 Å². The molecular weight excluding hydrogens is 573 g/mol. The van der Waals surface area contributed by atoms with Gasteiger partial charge in [-0.25, -0.2) is 0 Å². The average Bonchev–Trinajstić information content (AvgIpc) is 3.32. The number of carbonyl (C=O) groups excluding carboxylic acids is 3. The summed E-state index contributed by atoms with van der Waals surface area (Å²) >= 11 is 0. The Kier molecular flexibility index (Phi) is 10.4. The first-order valence-electron chi connectivity index (χ1n) is 13.7. The second-order valence-corrected chi connectivity index (χ2v) is 10.1. The first-order chi connectivity index (χ1) is 21.0. The van der Waals surface area contributed by atoms with Crippen molar-refractivity contribution in [3.05, 3.63) is 100 Å². The Morgan fingerprint density at radius 2 is 1.82 bits per heavy atom. The number of alkyl carbamates (subject to hydrolysis) is 1. The van der Waals surface area contributed by atoms with Gasteiger partial charge in [0.1, 0.15) is 0 Å². The molecule has 4 rings (SSSR count).